The molecule has 2 unspecified atom stereocenters. The van der Waals surface area contributed by atoms with Crippen LogP contribution in [0.1, 0.15) is 18.1 Å². The molecule has 3 aromatic rings. The van der Waals surface area contributed by atoms with E-state index < -0.39 is 12.2 Å². The number of fused-ring (bicyclic) bond motifs is 3. The first-order valence-corrected chi connectivity index (χ1v) is 7.40. The van der Waals surface area contributed by atoms with Crippen LogP contribution in [0.2, 0.25) is 0 Å². The molecule has 1 heterocycles. The normalized spacial score (nSPS) is 14.8. The first kappa shape index (κ1) is 13.5. The van der Waals surface area contributed by atoms with Gasteiger partial charge in [0, 0.05) is 26.8 Å². The summed E-state index contributed by atoms with van der Waals surface area (Å²) in [6, 6.07) is 13.9. The summed E-state index contributed by atoms with van der Waals surface area (Å²) in [5.41, 5.74) is 0.682. The Morgan fingerprint density at radius 2 is 1.70 bits per heavy atom. The summed E-state index contributed by atoms with van der Waals surface area (Å²) in [6.45, 7) is -0.137. The second kappa shape index (κ2) is 5.50. The van der Waals surface area contributed by atoms with Crippen LogP contribution in [0.5, 0.6) is 0 Å². The Bertz CT molecular complexity index is 735. The highest BCUT2D eigenvalue weighted by Crippen LogP contribution is 2.35. The smallest absolute Gasteiger partial charge is 0.105 e. The molecule has 0 aliphatic carbocycles. The third-order valence-corrected chi connectivity index (χ3v) is 4.68. The molecule has 1 aromatic heterocycles. The standard InChI is InChI=1S/C16H16O3S/c17-8-7-13(18)16(19)10-5-6-15-12(9-10)11-3-1-2-4-14(11)20-15/h1-6,9,13,16-19H,7-8H2. The lowest BCUT2D eigenvalue weighted by Crippen LogP contribution is -2.19. The molecule has 4 heteroatoms. The van der Waals surface area contributed by atoms with Gasteiger partial charge in [-0.3, -0.25) is 0 Å². The van der Waals surface area contributed by atoms with Crippen molar-refractivity contribution in [3.05, 3.63) is 48.0 Å². The first-order chi connectivity index (χ1) is 9.70. The van der Waals surface area contributed by atoms with Crippen LogP contribution in [-0.2, 0) is 0 Å². The molecule has 0 amide bonds. The lowest BCUT2D eigenvalue weighted by Gasteiger charge is -2.17. The Morgan fingerprint density at radius 3 is 2.50 bits per heavy atom. The van der Waals surface area contributed by atoms with E-state index in [9.17, 15) is 10.2 Å². The topological polar surface area (TPSA) is 60.7 Å². The lowest BCUT2D eigenvalue weighted by molar-refractivity contribution is 0.00429. The lowest BCUT2D eigenvalue weighted by atomic mass is 10.0. The Hall–Kier alpha value is -1.46. The third kappa shape index (κ3) is 2.31. The van der Waals surface area contributed by atoms with Gasteiger partial charge in [0.25, 0.3) is 0 Å². The fraction of sp³-hybridized carbons (Fsp3) is 0.250. The monoisotopic (exact) mass is 288 g/mol. The van der Waals surface area contributed by atoms with Gasteiger partial charge in [-0.1, -0.05) is 24.3 Å². The zero-order valence-electron chi connectivity index (χ0n) is 10.9. The van der Waals surface area contributed by atoms with Gasteiger partial charge in [-0.25, -0.2) is 0 Å². The van der Waals surface area contributed by atoms with E-state index >= 15 is 0 Å². The molecule has 0 aliphatic rings. The number of benzene rings is 2. The highest BCUT2D eigenvalue weighted by Gasteiger charge is 2.18. The number of thiophene rings is 1. The minimum absolute atomic E-state index is 0.137. The average Bonchev–Trinajstić information content (AvgIpc) is 2.84. The summed E-state index contributed by atoms with van der Waals surface area (Å²) < 4.78 is 2.38. The maximum atomic E-state index is 10.1. The molecule has 0 saturated heterocycles. The molecule has 104 valence electrons. The van der Waals surface area contributed by atoms with Crippen molar-refractivity contribution in [1.82, 2.24) is 0 Å². The van der Waals surface area contributed by atoms with Gasteiger partial charge in [-0.05, 0) is 30.2 Å². The fourth-order valence-corrected chi connectivity index (χ4v) is 3.53. The van der Waals surface area contributed by atoms with Gasteiger partial charge in [0.15, 0.2) is 0 Å². The molecular formula is C16H16O3S. The Morgan fingerprint density at radius 1 is 0.950 bits per heavy atom. The third-order valence-electron chi connectivity index (χ3n) is 3.53. The molecule has 0 aliphatic heterocycles. The van der Waals surface area contributed by atoms with Crippen LogP contribution in [0.25, 0.3) is 20.2 Å². The minimum Gasteiger partial charge on any atom is -0.396 e. The van der Waals surface area contributed by atoms with Crippen LogP contribution >= 0.6 is 11.3 Å². The van der Waals surface area contributed by atoms with Crippen molar-refractivity contribution < 1.29 is 15.3 Å². The van der Waals surface area contributed by atoms with Crippen molar-refractivity contribution in [1.29, 1.82) is 0 Å². The maximum Gasteiger partial charge on any atom is 0.105 e. The van der Waals surface area contributed by atoms with E-state index in [1.807, 2.05) is 30.3 Å². The Kier molecular flexibility index (Phi) is 3.72. The van der Waals surface area contributed by atoms with Crippen molar-refractivity contribution in [3.63, 3.8) is 0 Å². The van der Waals surface area contributed by atoms with Crippen LogP contribution in [0.15, 0.2) is 42.5 Å². The Labute approximate surface area is 120 Å². The predicted octanol–water partition coefficient (Wildman–Crippen LogP) is 2.83. The van der Waals surface area contributed by atoms with Crippen molar-refractivity contribution in [2.75, 3.05) is 6.61 Å². The molecule has 0 fully saturated rings. The molecule has 3 nitrogen and oxygen atoms in total. The maximum absolute atomic E-state index is 10.1. The summed E-state index contributed by atoms with van der Waals surface area (Å²) in [5.74, 6) is 0. The highest BCUT2D eigenvalue weighted by atomic mass is 32.1. The van der Waals surface area contributed by atoms with Crippen LogP contribution in [0.4, 0.5) is 0 Å². The summed E-state index contributed by atoms with van der Waals surface area (Å²) in [7, 11) is 0. The number of hydrogen-bond donors (Lipinski definition) is 3. The van der Waals surface area contributed by atoms with Gasteiger partial charge in [0.05, 0.1) is 6.10 Å². The van der Waals surface area contributed by atoms with E-state index in [0.717, 1.165) is 10.8 Å². The molecular weight excluding hydrogens is 272 g/mol. The number of hydrogen-bond acceptors (Lipinski definition) is 4. The van der Waals surface area contributed by atoms with Crippen molar-refractivity contribution in [2.45, 2.75) is 18.6 Å². The van der Waals surface area contributed by atoms with Crippen molar-refractivity contribution in [3.8, 4) is 0 Å². The Balaban J connectivity index is 2.07. The van der Waals surface area contributed by atoms with Crippen LogP contribution in [0, 0.1) is 0 Å². The van der Waals surface area contributed by atoms with Crippen LogP contribution in [0.3, 0.4) is 0 Å². The molecule has 0 spiro atoms. The molecule has 0 bridgehead atoms. The van der Waals surface area contributed by atoms with E-state index in [0.29, 0.717) is 5.56 Å². The minimum atomic E-state index is -0.967. The van der Waals surface area contributed by atoms with E-state index in [1.165, 1.54) is 9.40 Å². The van der Waals surface area contributed by atoms with Gasteiger partial charge < -0.3 is 15.3 Å². The van der Waals surface area contributed by atoms with Crippen LogP contribution in [-0.4, -0.2) is 28.0 Å². The van der Waals surface area contributed by atoms with E-state index in [2.05, 4.69) is 12.1 Å². The SMILES string of the molecule is OCCC(O)C(O)c1ccc2sc3ccccc3c2c1. The van der Waals surface area contributed by atoms with E-state index in [4.69, 9.17) is 5.11 Å². The van der Waals surface area contributed by atoms with Gasteiger partial charge in [-0.15, -0.1) is 11.3 Å². The summed E-state index contributed by atoms with van der Waals surface area (Å²) in [5, 5.41) is 31.0. The van der Waals surface area contributed by atoms with E-state index in [-0.39, 0.29) is 13.0 Å². The second-order valence-electron chi connectivity index (χ2n) is 4.88. The number of aliphatic hydroxyl groups is 3. The van der Waals surface area contributed by atoms with Gasteiger partial charge >= 0.3 is 0 Å². The molecule has 0 saturated carbocycles. The molecule has 3 N–H and O–H groups in total. The zero-order chi connectivity index (χ0) is 14.1. The highest BCUT2D eigenvalue weighted by molar-refractivity contribution is 7.25. The summed E-state index contributed by atoms with van der Waals surface area (Å²) in [4.78, 5) is 0. The van der Waals surface area contributed by atoms with Crippen molar-refractivity contribution in [2.24, 2.45) is 0 Å². The molecule has 2 atom stereocenters. The largest absolute Gasteiger partial charge is 0.396 e. The van der Waals surface area contributed by atoms with Crippen molar-refractivity contribution >= 4 is 31.5 Å². The summed E-state index contributed by atoms with van der Waals surface area (Å²) in [6.07, 6.45) is -1.74. The van der Waals surface area contributed by atoms with Crippen LogP contribution < -0.4 is 0 Å². The average molecular weight is 288 g/mol. The quantitative estimate of drug-likeness (QED) is 0.692. The fourth-order valence-electron chi connectivity index (χ4n) is 2.44. The van der Waals surface area contributed by atoms with Gasteiger partial charge in [0.1, 0.15) is 6.10 Å². The number of rotatable bonds is 4. The number of aliphatic hydroxyl groups excluding tert-OH is 3. The molecule has 3 rings (SSSR count). The zero-order valence-corrected chi connectivity index (χ0v) is 11.7. The predicted molar refractivity (Wildman–Crippen MR) is 82.0 cm³/mol. The summed E-state index contributed by atoms with van der Waals surface area (Å²) >= 11 is 1.72. The molecule has 20 heavy (non-hydrogen) atoms. The first-order valence-electron chi connectivity index (χ1n) is 6.59. The molecule has 2 aromatic carbocycles. The second-order valence-corrected chi connectivity index (χ2v) is 5.96. The molecule has 0 radical (unpaired) electrons. The van der Waals surface area contributed by atoms with Gasteiger partial charge in [0.2, 0.25) is 0 Å². The van der Waals surface area contributed by atoms with Gasteiger partial charge in [-0.2, -0.15) is 0 Å². The van der Waals surface area contributed by atoms with E-state index in [1.54, 1.807) is 11.3 Å².